The first-order valence-electron chi connectivity index (χ1n) is 5.04. The van der Waals surface area contributed by atoms with Crippen LogP contribution in [0.4, 0.5) is 10.1 Å². The second-order valence-corrected chi connectivity index (χ2v) is 5.31. The first-order chi connectivity index (χ1) is 8.58. The fourth-order valence-electron chi connectivity index (χ4n) is 1.38. The van der Waals surface area contributed by atoms with E-state index in [-0.39, 0.29) is 11.4 Å². The quantitative estimate of drug-likeness (QED) is 0.754. The third kappa shape index (κ3) is 2.97. The van der Waals surface area contributed by atoms with Gasteiger partial charge >= 0.3 is 0 Å². The maximum Gasteiger partial charge on any atom is 0.148 e. The lowest BCUT2D eigenvalue weighted by atomic mass is 10.2. The molecule has 5 heteroatoms. The van der Waals surface area contributed by atoms with Crippen LogP contribution in [0.1, 0.15) is 5.56 Å². The minimum Gasteiger partial charge on any atom is -0.506 e. The zero-order chi connectivity index (χ0) is 13.1. The van der Waals surface area contributed by atoms with E-state index in [2.05, 4.69) is 36.9 Å². The minimum absolute atomic E-state index is 0.0679. The van der Waals surface area contributed by atoms with E-state index in [0.29, 0.717) is 10.0 Å². The van der Waals surface area contributed by atoms with Crippen molar-refractivity contribution in [2.45, 2.75) is 0 Å². The predicted octanol–water partition coefficient (Wildman–Crippen LogP) is 4.81. The number of benzene rings is 2. The SMILES string of the molecule is Oc1c(Br)cc(Br)cc1/C=N/c1ccccc1F. The number of hydrogen-bond acceptors (Lipinski definition) is 2. The summed E-state index contributed by atoms with van der Waals surface area (Å²) in [6.07, 6.45) is 1.42. The summed E-state index contributed by atoms with van der Waals surface area (Å²) in [5, 5.41) is 9.82. The average Bonchev–Trinajstić information content (AvgIpc) is 2.33. The molecule has 1 N–H and O–H groups in total. The first-order valence-corrected chi connectivity index (χ1v) is 6.63. The lowest BCUT2D eigenvalue weighted by molar-refractivity contribution is 0.471. The molecular weight excluding hydrogens is 365 g/mol. The van der Waals surface area contributed by atoms with Gasteiger partial charge < -0.3 is 5.11 Å². The van der Waals surface area contributed by atoms with Crippen molar-refractivity contribution in [3.63, 3.8) is 0 Å². The molecule has 0 saturated carbocycles. The maximum absolute atomic E-state index is 13.4. The molecule has 0 unspecified atom stereocenters. The van der Waals surface area contributed by atoms with E-state index in [9.17, 15) is 9.50 Å². The molecule has 0 amide bonds. The van der Waals surface area contributed by atoms with Gasteiger partial charge in [-0.1, -0.05) is 28.1 Å². The van der Waals surface area contributed by atoms with Gasteiger partial charge in [-0.3, -0.25) is 4.99 Å². The summed E-state index contributed by atoms with van der Waals surface area (Å²) in [5.41, 5.74) is 0.729. The first kappa shape index (κ1) is 13.2. The van der Waals surface area contributed by atoms with Crippen LogP contribution in [-0.2, 0) is 0 Å². The third-order valence-electron chi connectivity index (χ3n) is 2.25. The lowest BCUT2D eigenvalue weighted by Gasteiger charge is -2.03. The van der Waals surface area contributed by atoms with E-state index in [1.165, 1.54) is 12.3 Å². The second-order valence-electron chi connectivity index (χ2n) is 3.54. The third-order valence-corrected chi connectivity index (χ3v) is 3.32. The fraction of sp³-hybridized carbons (Fsp3) is 0. The van der Waals surface area contributed by atoms with E-state index in [1.54, 1.807) is 30.3 Å². The molecule has 2 aromatic carbocycles. The van der Waals surface area contributed by atoms with Crippen molar-refractivity contribution in [1.29, 1.82) is 0 Å². The Kier molecular flexibility index (Phi) is 4.14. The van der Waals surface area contributed by atoms with Gasteiger partial charge in [-0.25, -0.2) is 4.39 Å². The van der Waals surface area contributed by atoms with Gasteiger partial charge in [-0.05, 0) is 40.2 Å². The number of phenols is 1. The highest BCUT2D eigenvalue weighted by Crippen LogP contribution is 2.31. The largest absolute Gasteiger partial charge is 0.506 e. The zero-order valence-electron chi connectivity index (χ0n) is 9.07. The Labute approximate surface area is 120 Å². The van der Waals surface area contributed by atoms with E-state index in [1.807, 2.05) is 0 Å². The van der Waals surface area contributed by atoms with Gasteiger partial charge in [0, 0.05) is 16.3 Å². The van der Waals surface area contributed by atoms with Crippen molar-refractivity contribution in [3.8, 4) is 5.75 Å². The van der Waals surface area contributed by atoms with Crippen LogP contribution in [0.3, 0.4) is 0 Å². The van der Waals surface area contributed by atoms with Crippen LogP contribution in [0.25, 0.3) is 0 Å². The van der Waals surface area contributed by atoms with E-state index < -0.39 is 5.82 Å². The molecule has 18 heavy (non-hydrogen) atoms. The molecule has 92 valence electrons. The fourth-order valence-corrected chi connectivity index (χ4v) is 2.64. The Morgan fingerprint density at radius 1 is 1.17 bits per heavy atom. The van der Waals surface area contributed by atoms with Gasteiger partial charge in [0.15, 0.2) is 0 Å². The van der Waals surface area contributed by atoms with Crippen LogP contribution < -0.4 is 0 Å². The van der Waals surface area contributed by atoms with Crippen molar-refractivity contribution >= 4 is 43.8 Å². The van der Waals surface area contributed by atoms with Crippen LogP contribution >= 0.6 is 31.9 Å². The van der Waals surface area contributed by atoms with Gasteiger partial charge in [0.25, 0.3) is 0 Å². The van der Waals surface area contributed by atoms with Gasteiger partial charge in [-0.15, -0.1) is 0 Å². The minimum atomic E-state index is -0.401. The van der Waals surface area contributed by atoms with Crippen LogP contribution in [0.5, 0.6) is 5.75 Å². The summed E-state index contributed by atoms with van der Waals surface area (Å²) in [5.74, 6) is -0.333. The summed E-state index contributed by atoms with van der Waals surface area (Å²) in [4.78, 5) is 4.02. The van der Waals surface area contributed by atoms with Gasteiger partial charge in [0.2, 0.25) is 0 Å². The number of phenolic OH excluding ortho intramolecular Hbond substituents is 1. The van der Waals surface area contributed by atoms with Gasteiger partial charge in [0.1, 0.15) is 11.6 Å². The highest BCUT2D eigenvalue weighted by atomic mass is 79.9. The monoisotopic (exact) mass is 371 g/mol. The summed E-state index contributed by atoms with van der Waals surface area (Å²) in [7, 11) is 0. The number of hydrogen-bond donors (Lipinski definition) is 1. The molecule has 0 aromatic heterocycles. The van der Waals surface area contributed by atoms with Crippen LogP contribution in [0, 0.1) is 5.82 Å². The highest BCUT2D eigenvalue weighted by molar-refractivity contribution is 9.11. The Bertz CT molecular complexity index is 614. The molecule has 2 rings (SSSR count). The molecule has 2 nitrogen and oxygen atoms in total. The van der Waals surface area contributed by atoms with Crippen molar-refractivity contribution in [1.82, 2.24) is 0 Å². The summed E-state index contributed by atoms with van der Waals surface area (Å²) >= 11 is 6.53. The highest BCUT2D eigenvalue weighted by Gasteiger charge is 2.05. The van der Waals surface area contributed by atoms with Crippen LogP contribution in [0.15, 0.2) is 50.3 Å². The van der Waals surface area contributed by atoms with Crippen molar-refractivity contribution < 1.29 is 9.50 Å². The number of para-hydroxylation sites is 1. The van der Waals surface area contributed by atoms with Crippen molar-refractivity contribution in [2.24, 2.45) is 4.99 Å². The summed E-state index contributed by atoms with van der Waals surface area (Å²) < 4.78 is 14.7. The molecular formula is C13H8Br2FNO. The second kappa shape index (κ2) is 5.63. The average molecular weight is 373 g/mol. The number of nitrogens with zero attached hydrogens (tertiary/aromatic N) is 1. The normalized spacial score (nSPS) is 11.1. The molecule has 0 saturated heterocycles. The molecule has 0 fully saturated rings. The molecule has 0 aliphatic heterocycles. The smallest absolute Gasteiger partial charge is 0.148 e. The molecule has 0 aliphatic carbocycles. The Morgan fingerprint density at radius 3 is 2.61 bits per heavy atom. The summed E-state index contributed by atoms with van der Waals surface area (Å²) in [6, 6.07) is 9.62. The molecule has 0 bridgehead atoms. The predicted molar refractivity (Wildman–Crippen MR) is 77.2 cm³/mol. The molecule has 0 aliphatic rings. The van der Waals surface area contributed by atoms with Crippen molar-refractivity contribution in [2.75, 3.05) is 0 Å². The number of rotatable bonds is 2. The summed E-state index contributed by atoms with van der Waals surface area (Å²) in [6.45, 7) is 0. The molecule has 0 heterocycles. The molecule has 0 spiro atoms. The zero-order valence-corrected chi connectivity index (χ0v) is 12.2. The van der Waals surface area contributed by atoms with Gasteiger partial charge in [-0.2, -0.15) is 0 Å². The van der Waals surface area contributed by atoms with Gasteiger partial charge in [0.05, 0.1) is 10.2 Å². The maximum atomic E-state index is 13.4. The standard InChI is InChI=1S/C13H8Br2FNO/c14-9-5-8(13(18)10(15)6-9)7-17-12-4-2-1-3-11(12)16/h1-7,18H/b17-7+. The Balaban J connectivity index is 2.38. The molecule has 2 aromatic rings. The van der Waals surface area contributed by atoms with Crippen LogP contribution in [0.2, 0.25) is 0 Å². The number of aliphatic imine (C=N–C) groups is 1. The van der Waals surface area contributed by atoms with Crippen LogP contribution in [-0.4, -0.2) is 11.3 Å². The van der Waals surface area contributed by atoms with Crippen molar-refractivity contribution in [3.05, 3.63) is 56.7 Å². The lowest BCUT2D eigenvalue weighted by Crippen LogP contribution is -1.85. The van der Waals surface area contributed by atoms with E-state index >= 15 is 0 Å². The Hall–Kier alpha value is -1.20. The molecule has 0 atom stereocenters. The Morgan fingerprint density at radius 2 is 1.89 bits per heavy atom. The van der Waals surface area contributed by atoms with E-state index in [4.69, 9.17) is 0 Å². The number of halogens is 3. The number of aromatic hydroxyl groups is 1. The van der Waals surface area contributed by atoms with E-state index in [0.717, 1.165) is 4.47 Å². The molecule has 0 radical (unpaired) electrons. The topological polar surface area (TPSA) is 32.6 Å².